The minimum atomic E-state index is -0.372. The Labute approximate surface area is 146 Å². The van der Waals surface area contributed by atoms with Gasteiger partial charge in [0, 0.05) is 50.4 Å². The van der Waals surface area contributed by atoms with Gasteiger partial charge in [0.2, 0.25) is 5.91 Å². The number of ether oxygens (including phenoxy) is 1. The quantitative estimate of drug-likeness (QED) is 0.780. The highest BCUT2D eigenvalue weighted by molar-refractivity contribution is 5.97. The number of hydrogen-bond acceptors (Lipinski definition) is 5. The topological polar surface area (TPSA) is 90.6 Å². The molecule has 8 nitrogen and oxygen atoms in total. The lowest BCUT2D eigenvalue weighted by molar-refractivity contribution is -0.141. The molecule has 3 aliphatic rings. The zero-order chi connectivity index (χ0) is 17.2. The third kappa shape index (κ3) is 3.16. The lowest BCUT2D eigenvalue weighted by Gasteiger charge is -2.38. The minimum absolute atomic E-state index is 0.0545. The van der Waals surface area contributed by atoms with Gasteiger partial charge in [0.1, 0.15) is 6.04 Å². The first-order valence-electron chi connectivity index (χ1n) is 9.20. The number of piperidine rings is 1. The molecule has 0 bridgehead atoms. The van der Waals surface area contributed by atoms with Crippen molar-refractivity contribution in [2.75, 3.05) is 39.4 Å². The van der Waals surface area contributed by atoms with Gasteiger partial charge in [0.05, 0.1) is 13.2 Å². The molecule has 2 saturated heterocycles. The number of amides is 2. The van der Waals surface area contributed by atoms with Crippen LogP contribution in [-0.2, 0) is 22.5 Å². The van der Waals surface area contributed by atoms with E-state index in [-0.39, 0.29) is 17.9 Å². The Bertz CT molecular complexity index is 653. The molecule has 2 N–H and O–H groups in total. The standard InChI is InChI=1S/C17H25N5O3/c23-16(21-7-9-25-10-8-21)14-3-1-2-6-22(14)17(24)15-12-11-18-5-4-13(12)19-20-15/h14,18H,1-11H2,(H,19,20). The van der Waals surface area contributed by atoms with Crippen molar-refractivity contribution in [2.24, 2.45) is 0 Å². The lowest BCUT2D eigenvalue weighted by atomic mass is 9.99. The van der Waals surface area contributed by atoms with Gasteiger partial charge >= 0.3 is 0 Å². The van der Waals surface area contributed by atoms with Gasteiger partial charge in [-0.05, 0) is 19.3 Å². The summed E-state index contributed by atoms with van der Waals surface area (Å²) < 4.78 is 5.34. The van der Waals surface area contributed by atoms with Crippen molar-refractivity contribution in [3.8, 4) is 0 Å². The van der Waals surface area contributed by atoms with Crippen molar-refractivity contribution in [3.05, 3.63) is 17.0 Å². The molecule has 1 aromatic heterocycles. The largest absolute Gasteiger partial charge is 0.378 e. The number of hydrogen-bond donors (Lipinski definition) is 2. The molecular weight excluding hydrogens is 322 g/mol. The van der Waals surface area contributed by atoms with Crippen LogP contribution in [0.15, 0.2) is 0 Å². The highest BCUT2D eigenvalue weighted by Gasteiger charge is 2.37. The van der Waals surface area contributed by atoms with Crippen molar-refractivity contribution < 1.29 is 14.3 Å². The Kier molecular flexibility index (Phi) is 4.72. The Hall–Kier alpha value is -1.93. The molecule has 2 fully saturated rings. The van der Waals surface area contributed by atoms with E-state index in [0.29, 0.717) is 45.1 Å². The molecule has 1 atom stereocenters. The van der Waals surface area contributed by atoms with Gasteiger partial charge in [-0.2, -0.15) is 5.10 Å². The van der Waals surface area contributed by atoms with Crippen LogP contribution in [0.3, 0.4) is 0 Å². The monoisotopic (exact) mass is 347 g/mol. The molecule has 2 amide bonds. The molecule has 136 valence electrons. The second-order valence-electron chi connectivity index (χ2n) is 6.90. The van der Waals surface area contributed by atoms with Crippen molar-refractivity contribution in [1.29, 1.82) is 0 Å². The number of rotatable bonds is 2. The molecule has 0 saturated carbocycles. The van der Waals surface area contributed by atoms with E-state index in [9.17, 15) is 9.59 Å². The molecule has 1 unspecified atom stereocenters. The predicted octanol–water partition coefficient (Wildman–Crippen LogP) is -0.0911. The number of nitrogens with zero attached hydrogens (tertiary/aromatic N) is 3. The summed E-state index contributed by atoms with van der Waals surface area (Å²) in [5.41, 5.74) is 2.47. The molecule has 4 heterocycles. The van der Waals surface area contributed by atoms with Crippen molar-refractivity contribution in [3.63, 3.8) is 0 Å². The van der Waals surface area contributed by atoms with E-state index in [4.69, 9.17) is 4.74 Å². The second-order valence-corrected chi connectivity index (χ2v) is 6.90. The molecule has 25 heavy (non-hydrogen) atoms. The first-order valence-corrected chi connectivity index (χ1v) is 9.20. The van der Waals surface area contributed by atoms with Gasteiger partial charge in [-0.1, -0.05) is 0 Å². The normalized spacial score (nSPS) is 24.1. The van der Waals surface area contributed by atoms with Crippen LogP contribution in [0.1, 0.15) is 41.0 Å². The molecule has 0 aromatic carbocycles. The zero-order valence-electron chi connectivity index (χ0n) is 14.4. The summed E-state index contributed by atoms with van der Waals surface area (Å²) in [5.74, 6) is -0.0635. The van der Waals surface area contributed by atoms with E-state index in [1.807, 2.05) is 4.90 Å². The summed E-state index contributed by atoms with van der Waals surface area (Å²) in [4.78, 5) is 29.7. The van der Waals surface area contributed by atoms with Gasteiger partial charge in [-0.15, -0.1) is 0 Å². The summed E-state index contributed by atoms with van der Waals surface area (Å²) in [5, 5.41) is 10.6. The SMILES string of the molecule is O=C(C1CCCCN1C(=O)c1n[nH]c2c1CNCC2)N1CCOCC1. The van der Waals surface area contributed by atoms with Crippen molar-refractivity contribution >= 4 is 11.8 Å². The highest BCUT2D eigenvalue weighted by atomic mass is 16.5. The summed E-state index contributed by atoms with van der Waals surface area (Å²) >= 11 is 0. The van der Waals surface area contributed by atoms with Gasteiger partial charge in [0.15, 0.2) is 5.69 Å². The molecule has 1 aromatic rings. The van der Waals surface area contributed by atoms with Gasteiger partial charge in [-0.3, -0.25) is 14.7 Å². The maximum atomic E-state index is 13.2. The van der Waals surface area contributed by atoms with Crippen LogP contribution in [0.5, 0.6) is 0 Å². The summed E-state index contributed by atoms with van der Waals surface area (Å²) in [7, 11) is 0. The Morgan fingerprint density at radius 2 is 2.00 bits per heavy atom. The average molecular weight is 347 g/mol. The number of morpholine rings is 1. The number of likely N-dealkylation sites (tertiary alicyclic amines) is 1. The first kappa shape index (κ1) is 16.5. The maximum Gasteiger partial charge on any atom is 0.275 e. The summed E-state index contributed by atoms with van der Waals surface area (Å²) in [6, 6.07) is -0.372. The minimum Gasteiger partial charge on any atom is -0.378 e. The number of carbonyl (C=O) groups excluding carboxylic acids is 2. The van der Waals surface area contributed by atoms with Crippen molar-refractivity contribution in [2.45, 2.75) is 38.3 Å². The zero-order valence-corrected chi connectivity index (χ0v) is 14.4. The molecule has 0 spiro atoms. The number of aromatic nitrogens is 2. The third-order valence-corrected chi connectivity index (χ3v) is 5.38. The van der Waals surface area contributed by atoms with Gasteiger partial charge in [0.25, 0.3) is 5.91 Å². The van der Waals surface area contributed by atoms with Crippen LogP contribution in [0.25, 0.3) is 0 Å². The van der Waals surface area contributed by atoms with Crippen molar-refractivity contribution in [1.82, 2.24) is 25.3 Å². The van der Waals surface area contributed by atoms with E-state index in [2.05, 4.69) is 15.5 Å². The Morgan fingerprint density at radius 3 is 2.84 bits per heavy atom. The van der Waals surface area contributed by atoms with Crippen LogP contribution in [0, 0.1) is 0 Å². The molecule has 0 radical (unpaired) electrons. The van der Waals surface area contributed by atoms with E-state index in [1.165, 1.54) is 0 Å². The van der Waals surface area contributed by atoms with Gasteiger partial charge < -0.3 is 19.9 Å². The number of nitrogens with one attached hydrogen (secondary N) is 2. The van der Waals surface area contributed by atoms with E-state index < -0.39 is 0 Å². The second kappa shape index (κ2) is 7.13. The fourth-order valence-electron chi connectivity index (χ4n) is 3.96. The molecule has 4 rings (SSSR count). The van der Waals surface area contributed by atoms with E-state index in [0.717, 1.165) is 43.5 Å². The summed E-state index contributed by atoms with van der Waals surface area (Å²) in [6.07, 6.45) is 3.49. The third-order valence-electron chi connectivity index (χ3n) is 5.38. The van der Waals surface area contributed by atoms with Crippen LogP contribution < -0.4 is 5.32 Å². The van der Waals surface area contributed by atoms with Gasteiger partial charge in [-0.25, -0.2) is 0 Å². The van der Waals surface area contributed by atoms with E-state index in [1.54, 1.807) is 4.90 Å². The highest BCUT2D eigenvalue weighted by Crippen LogP contribution is 2.24. The molecule has 3 aliphatic heterocycles. The Morgan fingerprint density at radius 1 is 1.16 bits per heavy atom. The van der Waals surface area contributed by atoms with Crippen LogP contribution in [-0.4, -0.2) is 77.2 Å². The number of H-pyrrole nitrogens is 1. The first-order chi connectivity index (χ1) is 12.3. The average Bonchev–Trinajstić information content (AvgIpc) is 3.12. The fourth-order valence-corrected chi connectivity index (χ4v) is 3.96. The van der Waals surface area contributed by atoms with Crippen LogP contribution in [0.2, 0.25) is 0 Å². The Balaban J connectivity index is 1.55. The number of fused-ring (bicyclic) bond motifs is 1. The fraction of sp³-hybridized carbons (Fsp3) is 0.706. The maximum absolute atomic E-state index is 13.2. The number of carbonyl (C=O) groups is 2. The molecular formula is C17H25N5O3. The van der Waals surface area contributed by atoms with Crippen LogP contribution in [0.4, 0.5) is 0 Å². The molecule has 0 aliphatic carbocycles. The number of aromatic amines is 1. The summed E-state index contributed by atoms with van der Waals surface area (Å²) in [6.45, 7) is 4.54. The van der Waals surface area contributed by atoms with E-state index >= 15 is 0 Å². The lowest BCUT2D eigenvalue weighted by Crippen LogP contribution is -2.55. The predicted molar refractivity (Wildman–Crippen MR) is 90.1 cm³/mol. The molecule has 8 heteroatoms. The smallest absolute Gasteiger partial charge is 0.275 e. The van der Waals surface area contributed by atoms with Crippen LogP contribution >= 0.6 is 0 Å².